The zero-order chi connectivity index (χ0) is 17.6. The molecule has 0 atom stereocenters. The van der Waals surface area contributed by atoms with Crippen LogP contribution in [-0.4, -0.2) is 56.5 Å². The first kappa shape index (κ1) is 16.8. The van der Waals surface area contributed by atoms with Crippen molar-refractivity contribution in [3.05, 3.63) is 36.2 Å². The molecule has 8 nitrogen and oxygen atoms in total. The van der Waals surface area contributed by atoms with E-state index in [1.54, 1.807) is 12.3 Å². The van der Waals surface area contributed by atoms with Gasteiger partial charge in [0, 0.05) is 38.4 Å². The molecule has 0 aromatic carbocycles. The lowest BCUT2D eigenvalue weighted by molar-refractivity contribution is -0.133. The topological polar surface area (TPSA) is 108 Å². The number of carbonyl (C=O) groups excluding carboxylic acids is 1. The lowest BCUT2D eigenvalue weighted by Gasteiger charge is -2.26. The molecule has 0 aliphatic carbocycles. The van der Waals surface area contributed by atoms with Crippen LogP contribution in [0.1, 0.15) is 29.6 Å². The molecule has 1 saturated heterocycles. The predicted molar refractivity (Wildman–Crippen MR) is 91.1 cm³/mol. The number of rotatable bonds is 6. The van der Waals surface area contributed by atoms with Crippen LogP contribution < -0.4 is 5.32 Å². The maximum Gasteiger partial charge on any atom is 0.335 e. The van der Waals surface area contributed by atoms with Gasteiger partial charge in [-0.25, -0.2) is 14.8 Å². The fourth-order valence-electron chi connectivity index (χ4n) is 2.69. The second kappa shape index (κ2) is 7.69. The predicted octanol–water partition coefficient (Wildman–Crippen LogP) is 1.66. The van der Waals surface area contributed by atoms with Crippen LogP contribution in [0.5, 0.6) is 0 Å². The zero-order valence-electron chi connectivity index (χ0n) is 13.7. The number of nitrogens with one attached hydrogen (secondary N) is 1. The number of nitrogens with zero attached hydrogens (tertiary/aromatic N) is 4. The minimum absolute atomic E-state index is 0.154. The van der Waals surface area contributed by atoms with Gasteiger partial charge in [0.2, 0.25) is 11.9 Å². The van der Waals surface area contributed by atoms with Crippen LogP contribution >= 0.6 is 0 Å². The van der Waals surface area contributed by atoms with E-state index in [1.165, 1.54) is 18.3 Å². The Morgan fingerprint density at radius 2 is 2.04 bits per heavy atom. The van der Waals surface area contributed by atoms with Crippen LogP contribution in [0.15, 0.2) is 30.6 Å². The Labute approximate surface area is 144 Å². The maximum absolute atomic E-state index is 11.8. The van der Waals surface area contributed by atoms with Crippen LogP contribution in [0.3, 0.4) is 0 Å². The van der Waals surface area contributed by atoms with Gasteiger partial charge >= 0.3 is 5.97 Å². The zero-order valence-corrected chi connectivity index (χ0v) is 13.7. The summed E-state index contributed by atoms with van der Waals surface area (Å²) in [5, 5.41) is 12.2. The van der Waals surface area contributed by atoms with Gasteiger partial charge in [-0.05, 0) is 31.0 Å². The van der Waals surface area contributed by atoms with E-state index >= 15 is 0 Å². The standard InChI is InChI=1S/C17H19N5O3/c23-15-3-1-2-9-22(15)10-8-20-17-19-7-5-13(21-17)14-11-12(16(24)25)4-6-18-14/h4-7,11H,1-3,8-10H2,(H,24,25)(H,19,20,21). The summed E-state index contributed by atoms with van der Waals surface area (Å²) >= 11 is 0. The molecule has 25 heavy (non-hydrogen) atoms. The molecule has 1 amide bonds. The first-order chi connectivity index (χ1) is 12.1. The summed E-state index contributed by atoms with van der Waals surface area (Å²) in [7, 11) is 0. The average Bonchev–Trinajstić information content (AvgIpc) is 2.64. The van der Waals surface area contributed by atoms with Gasteiger partial charge in [0.05, 0.1) is 17.0 Å². The lowest BCUT2D eigenvalue weighted by atomic mass is 10.1. The van der Waals surface area contributed by atoms with Crippen LogP contribution in [0.25, 0.3) is 11.4 Å². The van der Waals surface area contributed by atoms with E-state index < -0.39 is 5.97 Å². The minimum Gasteiger partial charge on any atom is -0.478 e. The van der Waals surface area contributed by atoms with Crippen molar-refractivity contribution in [1.82, 2.24) is 19.9 Å². The third kappa shape index (κ3) is 4.28. The Kier molecular flexibility index (Phi) is 5.17. The third-order valence-electron chi connectivity index (χ3n) is 4.01. The second-order valence-electron chi connectivity index (χ2n) is 5.77. The van der Waals surface area contributed by atoms with Crippen molar-refractivity contribution in [2.45, 2.75) is 19.3 Å². The van der Waals surface area contributed by atoms with Crippen molar-refractivity contribution >= 4 is 17.8 Å². The van der Waals surface area contributed by atoms with Crippen molar-refractivity contribution in [2.75, 3.05) is 25.0 Å². The summed E-state index contributed by atoms with van der Waals surface area (Å²) < 4.78 is 0. The largest absolute Gasteiger partial charge is 0.478 e. The maximum atomic E-state index is 11.8. The Morgan fingerprint density at radius 1 is 1.20 bits per heavy atom. The molecule has 0 bridgehead atoms. The van der Waals surface area contributed by atoms with Gasteiger partial charge < -0.3 is 15.3 Å². The summed E-state index contributed by atoms with van der Waals surface area (Å²) in [4.78, 5) is 37.4. The van der Waals surface area contributed by atoms with E-state index in [2.05, 4.69) is 20.3 Å². The number of aromatic nitrogens is 3. The van der Waals surface area contributed by atoms with Crippen LogP contribution in [-0.2, 0) is 4.79 Å². The quantitative estimate of drug-likeness (QED) is 0.822. The van der Waals surface area contributed by atoms with Crippen LogP contribution in [0.2, 0.25) is 0 Å². The summed E-state index contributed by atoms with van der Waals surface area (Å²) in [6.45, 7) is 1.96. The van der Waals surface area contributed by atoms with Crippen molar-refractivity contribution < 1.29 is 14.7 Å². The monoisotopic (exact) mass is 341 g/mol. The molecule has 2 aromatic rings. The molecule has 130 valence electrons. The molecule has 0 unspecified atom stereocenters. The summed E-state index contributed by atoms with van der Waals surface area (Å²) in [6, 6.07) is 4.58. The summed E-state index contributed by atoms with van der Waals surface area (Å²) in [5.74, 6) is -0.399. The highest BCUT2D eigenvalue weighted by Crippen LogP contribution is 2.16. The number of amides is 1. The van der Waals surface area contributed by atoms with Crippen molar-refractivity contribution in [1.29, 1.82) is 0 Å². The molecule has 3 rings (SSSR count). The Morgan fingerprint density at radius 3 is 2.84 bits per heavy atom. The molecule has 2 N–H and O–H groups in total. The fourth-order valence-corrected chi connectivity index (χ4v) is 2.69. The number of anilines is 1. The number of hydrogen-bond donors (Lipinski definition) is 2. The number of aromatic carboxylic acids is 1. The van der Waals surface area contributed by atoms with Gasteiger partial charge in [0.1, 0.15) is 0 Å². The van der Waals surface area contributed by atoms with E-state index in [0.29, 0.717) is 36.8 Å². The fraction of sp³-hybridized carbons (Fsp3) is 0.353. The average molecular weight is 341 g/mol. The van der Waals surface area contributed by atoms with E-state index in [-0.39, 0.29) is 11.5 Å². The minimum atomic E-state index is -1.01. The lowest BCUT2D eigenvalue weighted by Crippen LogP contribution is -2.38. The first-order valence-electron chi connectivity index (χ1n) is 8.18. The van der Waals surface area contributed by atoms with E-state index in [4.69, 9.17) is 5.11 Å². The molecule has 0 spiro atoms. The van der Waals surface area contributed by atoms with E-state index in [1.807, 2.05) is 4.90 Å². The Bertz CT molecular complexity index is 780. The highest BCUT2D eigenvalue weighted by atomic mass is 16.4. The molecular weight excluding hydrogens is 322 g/mol. The number of pyridine rings is 1. The highest BCUT2D eigenvalue weighted by Gasteiger charge is 2.17. The molecule has 3 heterocycles. The van der Waals surface area contributed by atoms with Crippen molar-refractivity contribution in [3.63, 3.8) is 0 Å². The van der Waals surface area contributed by atoms with Crippen LogP contribution in [0.4, 0.5) is 5.95 Å². The van der Waals surface area contributed by atoms with Crippen molar-refractivity contribution in [2.24, 2.45) is 0 Å². The Hall–Kier alpha value is -3.03. The Balaban J connectivity index is 1.64. The normalized spacial score (nSPS) is 14.4. The SMILES string of the molecule is O=C(O)c1ccnc(-c2ccnc(NCCN3CCCCC3=O)n2)c1. The first-order valence-corrected chi connectivity index (χ1v) is 8.18. The van der Waals surface area contributed by atoms with Gasteiger partial charge in [0.15, 0.2) is 0 Å². The molecule has 1 aliphatic heterocycles. The number of piperidine rings is 1. The number of carboxylic acid groups (broad SMARTS) is 1. The molecule has 0 saturated carbocycles. The number of carbonyl (C=O) groups is 2. The molecule has 1 fully saturated rings. The second-order valence-corrected chi connectivity index (χ2v) is 5.77. The van der Waals surface area contributed by atoms with Gasteiger partial charge in [-0.15, -0.1) is 0 Å². The van der Waals surface area contributed by atoms with Gasteiger partial charge in [-0.1, -0.05) is 0 Å². The molecule has 8 heteroatoms. The highest BCUT2D eigenvalue weighted by molar-refractivity contribution is 5.88. The molecule has 1 aliphatic rings. The summed E-state index contributed by atoms with van der Waals surface area (Å²) in [5.41, 5.74) is 1.16. The number of likely N-dealkylation sites (tertiary alicyclic amines) is 1. The molecule has 2 aromatic heterocycles. The number of hydrogen-bond acceptors (Lipinski definition) is 6. The van der Waals surface area contributed by atoms with Gasteiger partial charge in [-0.3, -0.25) is 9.78 Å². The van der Waals surface area contributed by atoms with Gasteiger partial charge in [0.25, 0.3) is 0 Å². The van der Waals surface area contributed by atoms with Gasteiger partial charge in [-0.2, -0.15) is 0 Å². The summed E-state index contributed by atoms with van der Waals surface area (Å²) in [6.07, 6.45) is 5.67. The molecular formula is C17H19N5O3. The van der Waals surface area contributed by atoms with Crippen molar-refractivity contribution in [3.8, 4) is 11.4 Å². The smallest absolute Gasteiger partial charge is 0.335 e. The number of carboxylic acids is 1. The van der Waals surface area contributed by atoms with E-state index in [0.717, 1.165) is 19.4 Å². The van der Waals surface area contributed by atoms with Crippen LogP contribution in [0, 0.1) is 0 Å². The third-order valence-corrected chi connectivity index (χ3v) is 4.01. The molecule has 0 radical (unpaired) electrons. The van der Waals surface area contributed by atoms with E-state index in [9.17, 15) is 9.59 Å².